The van der Waals surface area contributed by atoms with Crippen molar-refractivity contribution in [3.63, 3.8) is 0 Å². The van der Waals surface area contributed by atoms with E-state index in [1.54, 1.807) is 24.8 Å². The molecule has 0 saturated heterocycles. The molecule has 0 radical (unpaired) electrons. The third-order valence-corrected chi connectivity index (χ3v) is 4.44. The van der Waals surface area contributed by atoms with Crippen LogP contribution in [0.2, 0.25) is 0 Å². The fourth-order valence-corrected chi connectivity index (χ4v) is 3.03. The van der Waals surface area contributed by atoms with Gasteiger partial charge in [-0.15, -0.1) is 0 Å². The molecule has 5 nitrogen and oxygen atoms in total. The van der Waals surface area contributed by atoms with Crippen LogP contribution in [0.25, 0.3) is 0 Å². The third kappa shape index (κ3) is 3.37. The van der Waals surface area contributed by atoms with Crippen molar-refractivity contribution in [2.24, 2.45) is 5.14 Å². The summed E-state index contributed by atoms with van der Waals surface area (Å²) in [5.41, 5.74) is 1.67. The number of carbonyl (C=O) groups excluding carboxylic acids is 1. The quantitative estimate of drug-likeness (QED) is 0.920. The van der Waals surface area contributed by atoms with Crippen molar-refractivity contribution in [3.8, 4) is 0 Å². The van der Waals surface area contributed by atoms with Crippen molar-refractivity contribution in [2.45, 2.75) is 45.6 Å². The normalized spacial score (nSPS) is 11.8. The minimum absolute atomic E-state index is 0.0145. The highest BCUT2D eigenvalue weighted by Crippen LogP contribution is 2.21. The number of carbonyl (C=O) groups is 1. The number of nitrogens with zero attached hydrogens (tertiary/aromatic N) is 1. The largest absolute Gasteiger partial charge is 0.337 e. The van der Waals surface area contributed by atoms with E-state index >= 15 is 0 Å². The van der Waals surface area contributed by atoms with Gasteiger partial charge >= 0.3 is 0 Å². The summed E-state index contributed by atoms with van der Waals surface area (Å²) in [4.78, 5) is 14.1. The van der Waals surface area contributed by atoms with Crippen LogP contribution < -0.4 is 5.14 Å². The fraction of sp³-hybridized carbons (Fsp3) is 0.500. The van der Waals surface area contributed by atoms with Gasteiger partial charge in [-0.1, -0.05) is 0 Å². The number of hydrogen-bond donors (Lipinski definition) is 1. The molecule has 0 aromatic heterocycles. The van der Waals surface area contributed by atoms with Crippen LogP contribution in [0.3, 0.4) is 0 Å². The summed E-state index contributed by atoms with van der Waals surface area (Å²) < 4.78 is 23.2. The Morgan fingerprint density at radius 2 is 1.85 bits per heavy atom. The molecule has 0 saturated carbocycles. The van der Waals surface area contributed by atoms with Gasteiger partial charge in [0.1, 0.15) is 0 Å². The van der Waals surface area contributed by atoms with Gasteiger partial charge < -0.3 is 4.90 Å². The van der Waals surface area contributed by atoms with Gasteiger partial charge in [0.25, 0.3) is 5.91 Å². The summed E-state index contributed by atoms with van der Waals surface area (Å²) in [7, 11) is -3.84. The van der Waals surface area contributed by atoms with Gasteiger partial charge in [0, 0.05) is 18.2 Å². The molecule has 0 unspecified atom stereocenters. The van der Waals surface area contributed by atoms with Crippen LogP contribution in [0.1, 0.15) is 42.3 Å². The molecule has 0 heterocycles. The number of sulfonamides is 1. The number of primary sulfonamides is 1. The lowest BCUT2D eigenvalue weighted by Gasteiger charge is -2.25. The molecule has 1 aromatic rings. The fourth-order valence-electron chi connectivity index (χ4n) is 2.16. The summed E-state index contributed by atoms with van der Waals surface area (Å²) in [6.45, 7) is 9.75. The Bertz CT molecular complexity index is 622. The summed E-state index contributed by atoms with van der Waals surface area (Å²) in [6, 6.07) is 3.12. The molecule has 0 spiro atoms. The Balaban J connectivity index is 3.42. The van der Waals surface area contributed by atoms with Crippen LogP contribution in [0.15, 0.2) is 17.0 Å². The van der Waals surface area contributed by atoms with Gasteiger partial charge in [-0.05, 0) is 57.9 Å². The summed E-state index contributed by atoms with van der Waals surface area (Å²) in [5, 5.41) is 5.21. The second-order valence-electron chi connectivity index (χ2n) is 5.15. The maximum Gasteiger partial charge on any atom is 0.254 e. The number of benzene rings is 1. The number of aryl methyl sites for hydroxylation is 1. The van der Waals surface area contributed by atoms with Gasteiger partial charge in [0.2, 0.25) is 10.0 Å². The van der Waals surface area contributed by atoms with Crippen molar-refractivity contribution in [2.75, 3.05) is 6.54 Å². The van der Waals surface area contributed by atoms with Crippen LogP contribution in [0.5, 0.6) is 0 Å². The lowest BCUT2D eigenvalue weighted by atomic mass is 10.0. The molecular weight excluding hydrogens is 276 g/mol. The van der Waals surface area contributed by atoms with E-state index in [9.17, 15) is 13.2 Å². The van der Waals surface area contributed by atoms with E-state index in [-0.39, 0.29) is 16.8 Å². The first-order chi connectivity index (χ1) is 9.09. The van der Waals surface area contributed by atoms with E-state index in [2.05, 4.69) is 0 Å². The van der Waals surface area contributed by atoms with E-state index in [1.165, 1.54) is 6.07 Å². The van der Waals surface area contributed by atoms with Gasteiger partial charge in [-0.3, -0.25) is 4.79 Å². The smallest absolute Gasteiger partial charge is 0.254 e. The van der Waals surface area contributed by atoms with E-state index in [4.69, 9.17) is 5.14 Å². The average Bonchev–Trinajstić information content (AvgIpc) is 2.31. The van der Waals surface area contributed by atoms with Crippen molar-refractivity contribution in [1.82, 2.24) is 4.90 Å². The summed E-state index contributed by atoms with van der Waals surface area (Å²) in [6.07, 6.45) is 0. The average molecular weight is 298 g/mol. The Labute approximate surface area is 120 Å². The molecule has 0 fully saturated rings. The Hall–Kier alpha value is -1.40. The van der Waals surface area contributed by atoms with Crippen LogP contribution in [-0.2, 0) is 10.0 Å². The maximum atomic E-state index is 12.5. The Morgan fingerprint density at radius 1 is 1.30 bits per heavy atom. The first kappa shape index (κ1) is 16.7. The second kappa shape index (κ2) is 5.93. The SMILES string of the molecule is CCN(C(=O)c1cc(C)c(C)c(S(N)(=O)=O)c1)C(C)C. The molecule has 0 aliphatic rings. The molecule has 1 rings (SSSR count). The van der Waals surface area contributed by atoms with E-state index < -0.39 is 10.0 Å². The molecule has 1 aromatic carbocycles. The van der Waals surface area contributed by atoms with Crippen LogP contribution in [0.4, 0.5) is 0 Å². The second-order valence-corrected chi connectivity index (χ2v) is 6.68. The standard InChI is InChI=1S/C14H22N2O3S/c1-6-16(9(2)3)14(17)12-7-10(4)11(5)13(8-12)20(15,18)19/h7-9H,6H2,1-5H3,(H2,15,18,19). The van der Waals surface area contributed by atoms with Gasteiger partial charge in [-0.2, -0.15) is 0 Å². The lowest BCUT2D eigenvalue weighted by molar-refractivity contribution is 0.0716. The van der Waals surface area contributed by atoms with Gasteiger partial charge in [0.15, 0.2) is 0 Å². The zero-order valence-electron chi connectivity index (χ0n) is 12.6. The minimum Gasteiger partial charge on any atom is -0.337 e. The van der Waals surface area contributed by atoms with Crippen LogP contribution in [-0.4, -0.2) is 31.8 Å². The molecule has 1 amide bonds. The van der Waals surface area contributed by atoms with E-state index in [0.717, 1.165) is 5.56 Å². The molecule has 112 valence electrons. The lowest BCUT2D eigenvalue weighted by Crippen LogP contribution is -2.36. The monoisotopic (exact) mass is 298 g/mol. The zero-order valence-corrected chi connectivity index (χ0v) is 13.4. The van der Waals surface area contributed by atoms with Crippen LogP contribution >= 0.6 is 0 Å². The minimum atomic E-state index is -3.84. The number of rotatable bonds is 4. The highest BCUT2D eigenvalue weighted by atomic mass is 32.2. The highest BCUT2D eigenvalue weighted by molar-refractivity contribution is 7.89. The predicted molar refractivity (Wildman–Crippen MR) is 79.1 cm³/mol. The van der Waals surface area contributed by atoms with Gasteiger partial charge in [-0.25, -0.2) is 13.6 Å². The summed E-state index contributed by atoms with van der Waals surface area (Å²) in [5.74, 6) is -0.185. The molecular formula is C14H22N2O3S. The molecule has 0 aliphatic heterocycles. The molecule has 20 heavy (non-hydrogen) atoms. The maximum absolute atomic E-state index is 12.5. The van der Waals surface area contributed by atoms with Gasteiger partial charge in [0.05, 0.1) is 4.90 Å². The first-order valence-corrected chi connectivity index (χ1v) is 8.09. The highest BCUT2D eigenvalue weighted by Gasteiger charge is 2.21. The van der Waals surface area contributed by atoms with Crippen molar-refractivity contribution in [3.05, 3.63) is 28.8 Å². The van der Waals surface area contributed by atoms with Crippen molar-refractivity contribution < 1.29 is 13.2 Å². The predicted octanol–water partition coefficient (Wildman–Crippen LogP) is 1.82. The van der Waals surface area contributed by atoms with Crippen molar-refractivity contribution in [1.29, 1.82) is 0 Å². The number of amides is 1. The molecule has 0 atom stereocenters. The Morgan fingerprint density at radius 3 is 2.25 bits per heavy atom. The molecule has 0 bridgehead atoms. The first-order valence-electron chi connectivity index (χ1n) is 6.54. The molecule has 0 aliphatic carbocycles. The van der Waals surface area contributed by atoms with E-state index in [0.29, 0.717) is 17.7 Å². The van der Waals surface area contributed by atoms with Crippen molar-refractivity contribution >= 4 is 15.9 Å². The third-order valence-electron chi connectivity index (χ3n) is 3.40. The zero-order chi connectivity index (χ0) is 15.7. The molecule has 2 N–H and O–H groups in total. The summed E-state index contributed by atoms with van der Waals surface area (Å²) >= 11 is 0. The number of hydrogen-bond acceptors (Lipinski definition) is 3. The van der Waals surface area contributed by atoms with E-state index in [1.807, 2.05) is 20.8 Å². The number of nitrogens with two attached hydrogens (primary N) is 1. The van der Waals surface area contributed by atoms with Crippen LogP contribution in [0, 0.1) is 13.8 Å². The Kier molecular flexibility index (Phi) is 4.94. The topological polar surface area (TPSA) is 80.5 Å². The molecule has 6 heteroatoms.